The molecule has 0 aliphatic carbocycles. The molecule has 0 unspecified atom stereocenters. The lowest BCUT2D eigenvalue weighted by Crippen LogP contribution is -2.38. The van der Waals surface area contributed by atoms with Crippen LogP contribution in [0.3, 0.4) is 0 Å². The van der Waals surface area contributed by atoms with Crippen molar-refractivity contribution in [3.63, 3.8) is 0 Å². The number of H-pyrrole nitrogens is 1. The molecule has 1 aromatic carbocycles. The number of aromatic amines is 1. The van der Waals surface area contributed by atoms with E-state index in [0.717, 1.165) is 44.9 Å². The van der Waals surface area contributed by atoms with Crippen molar-refractivity contribution in [3.05, 3.63) is 51.6 Å². The van der Waals surface area contributed by atoms with Crippen LogP contribution in [0.15, 0.2) is 35.5 Å². The molecule has 0 aliphatic rings. The summed E-state index contributed by atoms with van der Waals surface area (Å²) < 4.78 is 0. The van der Waals surface area contributed by atoms with Gasteiger partial charge in [-0.1, -0.05) is 25.1 Å². The van der Waals surface area contributed by atoms with E-state index >= 15 is 0 Å². The zero-order valence-corrected chi connectivity index (χ0v) is 20.0. The van der Waals surface area contributed by atoms with Gasteiger partial charge in [0, 0.05) is 48.0 Å². The first-order valence-electron chi connectivity index (χ1n) is 9.73. The van der Waals surface area contributed by atoms with E-state index in [4.69, 9.17) is 9.98 Å². The van der Waals surface area contributed by atoms with Crippen molar-refractivity contribution in [2.75, 3.05) is 19.6 Å². The number of fused-ring (bicyclic) bond motifs is 1. The summed E-state index contributed by atoms with van der Waals surface area (Å²) in [5.74, 6) is 0.876. The average Bonchev–Trinajstić information content (AvgIpc) is 3.25. The summed E-state index contributed by atoms with van der Waals surface area (Å²) in [6.45, 7) is 8.86. The normalized spacial score (nSPS) is 11.5. The summed E-state index contributed by atoms with van der Waals surface area (Å²) in [6, 6.07) is 8.43. The maximum Gasteiger partial charge on any atom is 0.191 e. The predicted molar refractivity (Wildman–Crippen MR) is 131 cm³/mol. The third-order valence-corrected chi connectivity index (χ3v) is 5.65. The minimum atomic E-state index is 0. The van der Waals surface area contributed by atoms with Crippen molar-refractivity contribution in [2.24, 2.45) is 4.99 Å². The molecule has 0 spiro atoms. The van der Waals surface area contributed by atoms with Gasteiger partial charge in [0.1, 0.15) is 0 Å². The van der Waals surface area contributed by atoms with Gasteiger partial charge >= 0.3 is 0 Å². The summed E-state index contributed by atoms with van der Waals surface area (Å²) in [6.07, 6.45) is 4.96. The van der Waals surface area contributed by atoms with E-state index in [-0.39, 0.29) is 24.0 Å². The highest BCUT2D eigenvalue weighted by Gasteiger charge is 2.06. The molecule has 5 nitrogen and oxygen atoms in total. The van der Waals surface area contributed by atoms with Gasteiger partial charge in [-0.3, -0.25) is 4.99 Å². The van der Waals surface area contributed by atoms with E-state index in [1.807, 2.05) is 0 Å². The number of nitrogens with zero attached hydrogens (tertiary/aromatic N) is 2. The second-order valence-corrected chi connectivity index (χ2v) is 7.80. The average molecular weight is 511 g/mol. The van der Waals surface area contributed by atoms with Crippen LogP contribution in [0, 0.1) is 6.92 Å². The number of hydrogen-bond donors (Lipinski definition) is 3. The number of hydrogen-bond acceptors (Lipinski definition) is 3. The largest absolute Gasteiger partial charge is 0.361 e. The number of para-hydroxylation sites is 1. The molecule has 28 heavy (non-hydrogen) atoms. The lowest BCUT2D eigenvalue weighted by molar-refractivity contribution is 0.797. The second-order valence-electron chi connectivity index (χ2n) is 6.51. The van der Waals surface area contributed by atoms with E-state index in [9.17, 15) is 0 Å². The van der Waals surface area contributed by atoms with Crippen LogP contribution in [-0.2, 0) is 19.3 Å². The van der Waals surface area contributed by atoms with Crippen molar-refractivity contribution in [1.82, 2.24) is 20.6 Å². The number of aromatic nitrogens is 2. The van der Waals surface area contributed by atoms with Crippen LogP contribution in [0.4, 0.5) is 0 Å². The lowest BCUT2D eigenvalue weighted by atomic mass is 10.1. The molecule has 0 saturated heterocycles. The number of guanidine groups is 1. The molecule has 2 heterocycles. The van der Waals surface area contributed by atoms with E-state index in [2.05, 4.69) is 66.9 Å². The van der Waals surface area contributed by atoms with Gasteiger partial charge in [-0.05, 0) is 38.3 Å². The molecule has 3 N–H and O–H groups in total. The number of rotatable bonds is 8. The van der Waals surface area contributed by atoms with Crippen molar-refractivity contribution in [3.8, 4) is 0 Å². The standard InChI is InChI=1S/C21H29N5S.HI/c1-4-18-15(3)27-20(26-18)11-13-24-21(22-5-2)23-12-10-16-14-25-19-9-7-6-8-17(16)19;/h6-9,14,25H,4-5,10-13H2,1-3H3,(H2,22,23,24);1H. The summed E-state index contributed by atoms with van der Waals surface area (Å²) >= 11 is 1.80. The van der Waals surface area contributed by atoms with E-state index < -0.39 is 0 Å². The zero-order chi connectivity index (χ0) is 19.1. The molecule has 0 atom stereocenters. The molecule has 0 saturated carbocycles. The fourth-order valence-corrected chi connectivity index (χ4v) is 4.19. The van der Waals surface area contributed by atoms with Crippen molar-refractivity contribution in [2.45, 2.75) is 40.0 Å². The van der Waals surface area contributed by atoms with Gasteiger partial charge in [-0.25, -0.2) is 4.98 Å². The summed E-state index contributed by atoms with van der Waals surface area (Å²) in [4.78, 5) is 14.1. The third-order valence-electron chi connectivity index (χ3n) is 4.57. The van der Waals surface area contributed by atoms with Gasteiger partial charge in [-0.2, -0.15) is 0 Å². The highest BCUT2D eigenvalue weighted by Crippen LogP contribution is 2.19. The van der Waals surface area contributed by atoms with Crippen molar-refractivity contribution >= 4 is 52.2 Å². The smallest absolute Gasteiger partial charge is 0.191 e. The summed E-state index contributed by atoms with van der Waals surface area (Å²) in [7, 11) is 0. The highest BCUT2D eigenvalue weighted by atomic mass is 127. The first-order valence-corrected chi connectivity index (χ1v) is 10.5. The van der Waals surface area contributed by atoms with E-state index in [1.165, 1.54) is 32.0 Å². The topological polar surface area (TPSA) is 65.1 Å². The fraction of sp³-hybridized carbons (Fsp3) is 0.429. The summed E-state index contributed by atoms with van der Waals surface area (Å²) in [5.41, 5.74) is 3.75. The third kappa shape index (κ3) is 5.94. The highest BCUT2D eigenvalue weighted by molar-refractivity contribution is 14.0. The van der Waals surface area contributed by atoms with Crippen LogP contribution < -0.4 is 10.6 Å². The molecule has 0 fully saturated rings. The van der Waals surface area contributed by atoms with Crippen LogP contribution in [0.5, 0.6) is 0 Å². The van der Waals surface area contributed by atoms with Crippen LogP contribution >= 0.6 is 35.3 Å². The van der Waals surface area contributed by atoms with E-state index in [1.54, 1.807) is 11.3 Å². The number of thiazole rings is 1. The molecule has 3 aromatic rings. The number of aliphatic imine (C=N–C) groups is 1. The SMILES string of the molecule is CCNC(=NCCc1nc(CC)c(C)s1)NCCc1c[nH]c2ccccc12.I. The maximum atomic E-state index is 4.71. The van der Waals surface area contributed by atoms with E-state index in [0.29, 0.717) is 0 Å². The first kappa shape index (κ1) is 22.7. The molecule has 0 amide bonds. The molecular weight excluding hydrogens is 481 g/mol. The Balaban J connectivity index is 0.00000280. The maximum absolute atomic E-state index is 4.71. The minimum Gasteiger partial charge on any atom is -0.361 e. The molecule has 2 aromatic heterocycles. The number of aryl methyl sites for hydroxylation is 2. The monoisotopic (exact) mass is 511 g/mol. The number of benzene rings is 1. The molecule has 152 valence electrons. The molecule has 0 bridgehead atoms. The van der Waals surface area contributed by atoms with Gasteiger partial charge in [0.15, 0.2) is 5.96 Å². The van der Waals surface area contributed by atoms with Crippen molar-refractivity contribution in [1.29, 1.82) is 0 Å². The lowest BCUT2D eigenvalue weighted by Gasteiger charge is -2.10. The van der Waals surface area contributed by atoms with Gasteiger partial charge < -0.3 is 15.6 Å². The van der Waals surface area contributed by atoms with Gasteiger partial charge in [0.05, 0.1) is 10.7 Å². The molecular formula is C21H30IN5S. The Bertz CT molecular complexity index is 899. The Morgan fingerprint density at radius 1 is 1.18 bits per heavy atom. The summed E-state index contributed by atoms with van der Waals surface area (Å²) in [5, 5.41) is 9.25. The molecule has 7 heteroatoms. The number of nitrogens with one attached hydrogen (secondary N) is 3. The second kappa shape index (κ2) is 11.4. The molecule has 3 rings (SSSR count). The van der Waals surface area contributed by atoms with Gasteiger partial charge in [0.25, 0.3) is 0 Å². The Hall–Kier alpha value is -1.61. The Morgan fingerprint density at radius 3 is 2.75 bits per heavy atom. The number of halogens is 1. The van der Waals surface area contributed by atoms with Crippen LogP contribution in [0.1, 0.15) is 35.0 Å². The molecule has 0 radical (unpaired) electrons. The first-order chi connectivity index (χ1) is 13.2. The van der Waals surface area contributed by atoms with Gasteiger partial charge in [-0.15, -0.1) is 35.3 Å². The minimum absolute atomic E-state index is 0. The van der Waals surface area contributed by atoms with Crippen LogP contribution in [0.25, 0.3) is 10.9 Å². The predicted octanol–water partition coefficient (Wildman–Crippen LogP) is 4.45. The quantitative estimate of drug-likeness (QED) is 0.238. The Kier molecular flexibility index (Phi) is 9.24. The van der Waals surface area contributed by atoms with Crippen LogP contribution in [0.2, 0.25) is 0 Å². The fourth-order valence-electron chi connectivity index (χ4n) is 3.18. The zero-order valence-electron chi connectivity index (χ0n) is 16.8. The Morgan fingerprint density at radius 2 is 2.00 bits per heavy atom. The Labute approximate surface area is 188 Å². The van der Waals surface area contributed by atoms with Gasteiger partial charge in [0.2, 0.25) is 0 Å². The van der Waals surface area contributed by atoms with Crippen LogP contribution in [-0.4, -0.2) is 35.6 Å². The van der Waals surface area contributed by atoms with Crippen molar-refractivity contribution < 1.29 is 0 Å². The molecule has 0 aliphatic heterocycles.